The Kier molecular flexibility index (Phi) is 8.54. The standard InChI is InChI=1S/C9H20ClN/c1-11(2)9-7-5-3-4-6-8-10/h3-9H2,1-2H3. The minimum absolute atomic E-state index is 0.827. The fraction of sp³-hybridized carbons (Fsp3) is 1.00. The van der Waals surface area contributed by atoms with Crippen molar-refractivity contribution in [1.29, 1.82) is 0 Å². The Morgan fingerprint density at radius 1 is 0.909 bits per heavy atom. The Balaban J connectivity index is 2.80. The predicted octanol–water partition coefficient (Wildman–Crippen LogP) is 2.74. The first-order valence-electron chi connectivity index (χ1n) is 4.48. The van der Waals surface area contributed by atoms with E-state index in [9.17, 15) is 0 Å². The number of alkyl halides is 1. The molecule has 0 aliphatic rings. The molecule has 0 bridgehead atoms. The summed E-state index contributed by atoms with van der Waals surface area (Å²) in [4.78, 5) is 2.24. The minimum Gasteiger partial charge on any atom is -0.309 e. The Morgan fingerprint density at radius 2 is 1.45 bits per heavy atom. The third-order valence-electron chi connectivity index (χ3n) is 1.74. The highest BCUT2D eigenvalue weighted by molar-refractivity contribution is 6.17. The molecule has 0 unspecified atom stereocenters. The number of rotatable bonds is 7. The van der Waals surface area contributed by atoms with Crippen LogP contribution in [0.25, 0.3) is 0 Å². The predicted molar refractivity (Wildman–Crippen MR) is 52.4 cm³/mol. The maximum Gasteiger partial charge on any atom is 0.0223 e. The van der Waals surface area contributed by atoms with Crippen LogP contribution in [-0.4, -0.2) is 31.4 Å². The van der Waals surface area contributed by atoms with E-state index in [1.165, 1.54) is 38.6 Å². The summed E-state index contributed by atoms with van der Waals surface area (Å²) in [7, 11) is 4.25. The van der Waals surface area contributed by atoms with E-state index in [0.717, 1.165) is 5.88 Å². The smallest absolute Gasteiger partial charge is 0.0223 e. The monoisotopic (exact) mass is 177 g/mol. The van der Waals surface area contributed by atoms with E-state index in [2.05, 4.69) is 19.0 Å². The number of hydrogen-bond donors (Lipinski definition) is 0. The molecule has 0 N–H and O–H groups in total. The molecular weight excluding hydrogens is 158 g/mol. The summed E-state index contributed by atoms with van der Waals surface area (Å²) in [5.74, 6) is 0.827. The van der Waals surface area contributed by atoms with E-state index in [4.69, 9.17) is 11.6 Å². The van der Waals surface area contributed by atoms with Crippen molar-refractivity contribution in [2.45, 2.75) is 32.1 Å². The summed E-state index contributed by atoms with van der Waals surface area (Å²) in [5, 5.41) is 0. The van der Waals surface area contributed by atoms with Crippen LogP contribution in [-0.2, 0) is 0 Å². The van der Waals surface area contributed by atoms with Crippen molar-refractivity contribution >= 4 is 11.6 Å². The quantitative estimate of drug-likeness (QED) is 0.427. The first-order valence-corrected chi connectivity index (χ1v) is 5.01. The highest BCUT2D eigenvalue weighted by Crippen LogP contribution is 2.03. The first kappa shape index (κ1) is 11.2. The fourth-order valence-corrected chi connectivity index (χ4v) is 1.24. The van der Waals surface area contributed by atoms with Gasteiger partial charge in [0.25, 0.3) is 0 Å². The molecule has 0 aliphatic heterocycles. The second-order valence-corrected chi connectivity index (χ2v) is 3.64. The van der Waals surface area contributed by atoms with E-state index in [1.54, 1.807) is 0 Å². The molecule has 0 rings (SSSR count). The molecule has 0 radical (unpaired) electrons. The van der Waals surface area contributed by atoms with Crippen molar-refractivity contribution in [3.05, 3.63) is 0 Å². The maximum atomic E-state index is 5.56. The van der Waals surface area contributed by atoms with Gasteiger partial charge in [-0.1, -0.05) is 19.3 Å². The van der Waals surface area contributed by atoms with Crippen LogP contribution in [0.15, 0.2) is 0 Å². The number of nitrogens with zero attached hydrogens (tertiary/aromatic N) is 1. The lowest BCUT2D eigenvalue weighted by atomic mass is 10.1. The Bertz CT molecular complexity index is 74.0. The van der Waals surface area contributed by atoms with Crippen molar-refractivity contribution in [2.75, 3.05) is 26.5 Å². The van der Waals surface area contributed by atoms with Gasteiger partial charge in [-0.2, -0.15) is 0 Å². The number of halogens is 1. The molecule has 0 aromatic carbocycles. The minimum atomic E-state index is 0.827. The molecule has 68 valence electrons. The zero-order chi connectivity index (χ0) is 8.53. The van der Waals surface area contributed by atoms with E-state index in [0.29, 0.717) is 0 Å². The van der Waals surface area contributed by atoms with Crippen LogP contribution in [0.3, 0.4) is 0 Å². The summed E-state index contributed by atoms with van der Waals surface area (Å²) >= 11 is 5.56. The summed E-state index contributed by atoms with van der Waals surface area (Å²) in [5.41, 5.74) is 0. The van der Waals surface area contributed by atoms with Gasteiger partial charge in [-0.3, -0.25) is 0 Å². The molecule has 0 saturated carbocycles. The summed E-state index contributed by atoms with van der Waals surface area (Å²) in [6.45, 7) is 1.22. The molecule has 0 atom stereocenters. The van der Waals surface area contributed by atoms with Crippen molar-refractivity contribution in [2.24, 2.45) is 0 Å². The third-order valence-corrected chi connectivity index (χ3v) is 2.01. The molecule has 0 saturated heterocycles. The highest BCUT2D eigenvalue weighted by Gasteiger charge is 1.91. The molecular formula is C9H20ClN. The van der Waals surface area contributed by atoms with Crippen LogP contribution in [0.5, 0.6) is 0 Å². The van der Waals surface area contributed by atoms with Gasteiger partial charge in [0.15, 0.2) is 0 Å². The van der Waals surface area contributed by atoms with Crippen molar-refractivity contribution in [3.63, 3.8) is 0 Å². The van der Waals surface area contributed by atoms with Crippen LogP contribution >= 0.6 is 11.6 Å². The second kappa shape index (κ2) is 8.35. The van der Waals surface area contributed by atoms with Gasteiger partial charge in [0.1, 0.15) is 0 Å². The van der Waals surface area contributed by atoms with Gasteiger partial charge in [0, 0.05) is 5.88 Å². The third kappa shape index (κ3) is 10.2. The van der Waals surface area contributed by atoms with E-state index >= 15 is 0 Å². The molecule has 1 nitrogen and oxygen atoms in total. The summed E-state index contributed by atoms with van der Waals surface area (Å²) in [6, 6.07) is 0. The van der Waals surface area contributed by atoms with Crippen LogP contribution in [0.2, 0.25) is 0 Å². The molecule has 0 amide bonds. The van der Waals surface area contributed by atoms with Gasteiger partial charge in [0.2, 0.25) is 0 Å². The van der Waals surface area contributed by atoms with Crippen molar-refractivity contribution in [3.8, 4) is 0 Å². The van der Waals surface area contributed by atoms with E-state index in [1.807, 2.05) is 0 Å². The number of hydrogen-bond acceptors (Lipinski definition) is 1. The molecule has 0 aromatic rings. The Morgan fingerprint density at radius 3 is 2.00 bits per heavy atom. The Labute approximate surface area is 75.7 Å². The van der Waals surface area contributed by atoms with Crippen LogP contribution in [0, 0.1) is 0 Å². The SMILES string of the molecule is CN(C)CCCCCCCCl. The molecule has 11 heavy (non-hydrogen) atoms. The van der Waals surface area contributed by atoms with Gasteiger partial charge in [-0.05, 0) is 33.5 Å². The molecule has 0 heterocycles. The van der Waals surface area contributed by atoms with Crippen LogP contribution in [0.4, 0.5) is 0 Å². The molecule has 0 spiro atoms. The van der Waals surface area contributed by atoms with Crippen LogP contribution < -0.4 is 0 Å². The molecule has 2 heteroatoms. The van der Waals surface area contributed by atoms with Crippen molar-refractivity contribution < 1.29 is 0 Å². The van der Waals surface area contributed by atoms with Gasteiger partial charge < -0.3 is 4.90 Å². The topological polar surface area (TPSA) is 3.24 Å². The summed E-state index contributed by atoms with van der Waals surface area (Å²) in [6.07, 6.45) is 6.52. The fourth-order valence-electron chi connectivity index (χ4n) is 1.05. The lowest BCUT2D eigenvalue weighted by molar-refractivity contribution is 0.390. The average Bonchev–Trinajstić information content (AvgIpc) is 1.96. The van der Waals surface area contributed by atoms with E-state index in [-0.39, 0.29) is 0 Å². The zero-order valence-electron chi connectivity index (χ0n) is 7.77. The number of unbranched alkanes of at least 4 members (excludes halogenated alkanes) is 4. The normalized spacial score (nSPS) is 10.9. The lowest BCUT2D eigenvalue weighted by Crippen LogP contribution is -2.12. The maximum absolute atomic E-state index is 5.56. The van der Waals surface area contributed by atoms with Gasteiger partial charge in [-0.25, -0.2) is 0 Å². The second-order valence-electron chi connectivity index (χ2n) is 3.26. The average molecular weight is 178 g/mol. The van der Waals surface area contributed by atoms with Crippen LogP contribution in [0.1, 0.15) is 32.1 Å². The molecule has 0 aromatic heterocycles. The van der Waals surface area contributed by atoms with Crippen molar-refractivity contribution in [1.82, 2.24) is 4.90 Å². The Hall–Kier alpha value is 0.250. The van der Waals surface area contributed by atoms with Gasteiger partial charge >= 0.3 is 0 Å². The summed E-state index contributed by atoms with van der Waals surface area (Å²) < 4.78 is 0. The van der Waals surface area contributed by atoms with Gasteiger partial charge in [0.05, 0.1) is 0 Å². The van der Waals surface area contributed by atoms with Gasteiger partial charge in [-0.15, -0.1) is 11.6 Å². The largest absolute Gasteiger partial charge is 0.309 e. The zero-order valence-corrected chi connectivity index (χ0v) is 8.53. The van der Waals surface area contributed by atoms with E-state index < -0.39 is 0 Å². The highest BCUT2D eigenvalue weighted by atomic mass is 35.5. The molecule has 0 fully saturated rings. The lowest BCUT2D eigenvalue weighted by Gasteiger charge is -2.07. The first-order chi connectivity index (χ1) is 5.27. The molecule has 0 aliphatic carbocycles.